The third kappa shape index (κ3) is 3.97. The number of hydrogen-bond donors (Lipinski definition) is 1. The summed E-state index contributed by atoms with van der Waals surface area (Å²) in [5.74, 6) is -0.286. The molecule has 0 aliphatic carbocycles. The quantitative estimate of drug-likeness (QED) is 0.680. The third-order valence-corrected chi connectivity index (χ3v) is 11.6. The summed E-state index contributed by atoms with van der Waals surface area (Å²) in [6.45, 7) is 3.67. The van der Waals surface area contributed by atoms with Crippen LogP contribution in [0, 0.1) is 0 Å². The summed E-state index contributed by atoms with van der Waals surface area (Å²) in [7, 11) is -7.44. The molecule has 1 N–H and O–H groups in total. The van der Waals surface area contributed by atoms with Crippen molar-refractivity contribution in [1.82, 2.24) is 4.98 Å². The number of sulfonamides is 1. The molecule has 168 valence electrons. The van der Waals surface area contributed by atoms with Gasteiger partial charge in [0.15, 0.2) is 15.6 Å². The number of pyridine rings is 1. The van der Waals surface area contributed by atoms with Gasteiger partial charge in [0, 0.05) is 29.8 Å². The topological polar surface area (TPSA) is 122 Å². The van der Waals surface area contributed by atoms with Crippen molar-refractivity contribution in [3.63, 3.8) is 0 Å². The van der Waals surface area contributed by atoms with E-state index in [-0.39, 0.29) is 42.7 Å². The van der Waals surface area contributed by atoms with Gasteiger partial charge in [0.2, 0.25) is 10.0 Å². The number of sulfone groups is 1. The van der Waals surface area contributed by atoms with Crippen LogP contribution < -0.4 is 4.31 Å². The van der Waals surface area contributed by atoms with E-state index in [9.17, 15) is 26.2 Å². The van der Waals surface area contributed by atoms with Gasteiger partial charge in [-0.3, -0.25) is 9.29 Å². The smallest absolute Gasteiger partial charge is 0.232 e. The Bertz CT molecular complexity index is 1390. The lowest BCUT2D eigenvalue weighted by Crippen LogP contribution is -2.31. The van der Waals surface area contributed by atoms with Crippen molar-refractivity contribution in [1.29, 1.82) is 0 Å². The van der Waals surface area contributed by atoms with Crippen molar-refractivity contribution < 1.29 is 26.2 Å². The predicted octanol–water partition coefficient (Wildman–Crippen LogP) is 2.26. The Morgan fingerprint density at radius 3 is 2.29 bits per heavy atom. The number of rotatable bonds is 4. The van der Waals surface area contributed by atoms with Gasteiger partial charge in [0.1, 0.15) is 15.9 Å². The third-order valence-electron chi connectivity index (χ3n) is 5.06. The first-order valence-corrected chi connectivity index (χ1v) is 15.2. The van der Waals surface area contributed by atoms with Gasteiger partial charge < -0.3 is 5.11 Å². The second kappa shape index (κ2) is 7.84. The minimum Gasteiger partial charge on any atom is -0.505 e. The maximum absolute atomic E-state index is 12.8. The van der Waals surface area contributed by atoms with Crippen molar-refractivity contribution in [2.45, 2.75) is 23.5 Å². The van der Waals surface area contributed by atoms with E-state index in [1.807, 2.05) is 13.8 Å². The van der Waals surface area contributed by atoms with E-state index in [1.165, 1.54) is 31.4 Å². The highest BCUT2D eigenvalue weighted by Crippen LogP contribution is 2.47. The molecule has 1 aliphatic heterocycles. The maximum atomic E-state index is 12.8. The van der Waals surface area contributed by atoms with Gasteiger partial charge in [0.05, 0.1) is 21.7 Å². The molecule has 1 atom stereocenters. The molecule has 1 aliphatic rings. The van der Waals surface area contributed by atoms with E-state index >= 15 is 0 Å². The van der Waals surface area contributed by atoms with E-state index in [0.29, 0.717) is 5.56 Å². The minimum atomic E-state index is -3.97. The van der Waals surface area contributed by atoms with E-state index < -0.39 is 34.1 Å². The van der Waals surface area contributed by atoms with Gasteiger partial charge in [-0.2, -0.15) is 0 Å². The average molecular weight is 503 g/mol. The number of aliphatic hydroxyl groups is 1. The Kier molecular flexibility index (Phi) is 5.98. The predicted molar refractivity (Wildman–Crippen MR) is 125 cm³/mol. The molecular weight excluding hydrogens is 480 g/mol. The van der Waals surface area contributed by atoms with E-state index in [4.69, 9.17) is 0 Å². The molecule has 0 fully saturated rings. The van der Waals surface area contributed by atoms with Gasteiger partial charge in [0.25, 0.3) is 0 Å². The van der Waals surface area contributed by atoms with Crippen LogP contribution in [0.1, 0.15) is 30.7 Å². The molecule has 0 saturated carbocycles. The molecule has 8 nitrogen and oxygen atoms in total. The van der Waals surface area contributed by atoms with Crippen LogP contribution in [0.25, 0.3) is 10.7 Å². The van der Waals surface area contributed by atoms with Crippen LogP contribution in [0.5, 0.6) is 0 Å². The van der Waals surface area contributed by atoms with Crippen LogP contribution in [-0.4, -0.2) is 50.7 Å². The highest BCUT2D eigenvalue weighted by molar-refractivity contribution is 8.36. The lowest BCUT2D eigenvalue weighted by Gasteiger charge is -2.35. The summed E-state index contributed by atoms with van der Waals surface area (Å²) in [6.07, 6.45) is 3.43. The molecule has 0 amide bonds. The molecule has 31 heavy (non-hydrogen) atoms. The molecule has 2 heterocycles. The molecule has 1 aromatic heterocycles. The molecule has 0 bridgehead atoms. The lowest BCUT2D eigenvalue weighted by molar-refractivity contribution is 0.507. The number of anilines is 1. The highest BCUT2D eigenvalue weighted by atomic mass is 32.8. The van der Waals surface area contributed by atoms with Gasteiger partial charge in [-0.15, -0.1) is 0 Å². The number of benzene rings is 1. The zero-order valence-electron chi connectivity index (χ0n) is 17.5. The number of nitrogens with zero attached hydrogens (tertiary/aromatic N) is 2. The zero-order chi connectivity index (χ0) is 23.4. The van der Waals surface area contributed by atoms with E-state index in [0.717, 1.165) is 16.8 Å². The molecule has 1 aromatic carbocycles. The molecule has 1 unspecified atom stereocenters. The van der Waals surface area contributed by atoms with Crippen molar-refractivity contribution in [2.24, 2.45) is 0 Å². The molecular formula is C19H22N2O6S4. The molecule has 12 heteroatoms. The van der Waals surface area contributed by atoms with Crippen molar-refractivity contribution >= 4 is 55.9 Å². The molecule has 0 saturated heterocycles. The Balaban J connectivity index is 2.52. The fraction of sp³-hybridized carbons (Fsp3) is 0.316. The molecule has 3 rings (SSSR count). The zero-order valence-corrected chi connectivity index (χ0v) is 20.7. The standard InChI is InChI=1S/C19H22N2O6S4/c1-19(2)13-9-7-11-20-15(13)16(22)17(29(19)28-23)12-8-6-10-14(18(12)30(4,24)25)21(3)31(5,26)27/h6-11,22H,1-5H3. The first-order valence-electron chi connectivity index (χ1n) is 8.94. The van der Waals surface area contributed by atoms with Gasteiger partial charge in [-0.05, 0) is 41.0 Å². The van der Waals surface area contributed by atoms with Crippen LogP contribution >= 0.6 is 0 Å². The van der Waals surface area contributed by atoms with E-state index in [2.05, 4.69) is 4.98 Å². The summed E-state index contributed by atoms with van der Waals surface area (Å²) in [4.78, 5) is 4.13. The second-order valence-corrected chi connectivity index (χ2v) is 15.1. The Hall–Kier alpha value is -2.02. The van der Waals surface area contributed by atoms with Crippen LogP contribution in [-0.2, 0) is 44.3 Å². The number of aliphatic hydroxyl groups excluding tert-OH is 1. The molecule has 0 spiro atoms. The summed E-state index contributed by atoms with van der Waals surface area (Å²) in [5, 5.41) is 11.1. The SMILES string of the molecule is CN(c1cccc(C2=C(O)c3ncccc3C(C)(C)S2=S=O)c1S(C)(=O)=O)S(C)(=O)=O. The number of aromatic nitrogens is 1. The largest absolute Gasteiger partial charge is 0.505 e. The van der Waals surface area contributed by atoms with Crippen molar-refractivity contribution in [2.75, 3.05) is 23.9 Å². The second-order valence-electron chi connectivity index (χ2n) is 7.58. The minimum absolute atomic E-state index is 0.0631. The van der Waals surface area contributed by atoms with Crippen LogP contribution in [0.15, 0.2) is 41.4 Å². The van der Waals surface area contributed by atoms with Crippen LogP contribution in [0.2, 0.25) is 0 Å². The normalized spacial score (nSPS) is 18.4. The van der Waals surface area contributed by atoms with Gasteiger partial charge >= 0.3 is 0 Å². The maximum Gasteiger partial charge on any atom is 0.232 e. The van der Waals surface area contributed by atoms with Crippen molar-refractivity contribution in [3.8, 4) is 0 Å². The molecule has 2 aromatic rings. The van der Waals surface area contributed by atoms with Crippen LogP contribution in [0.3, 0.4) is 0 Å². The Labute approximate surface area is 187 Å². The Morgan fingerprint density at radius 2 is 1.74 bits per heavy atom. The summed E-state index contributed by atoms with van der Waals surface area (Å²) >= 11 is 0. The lowest BCUT2D eigenvalue weighted by atomic mass is 9.98. The highest BCUT2D eigenvalue weighted by Gasteiger charge is 2.41. The first kappa shape index (κ1) is 23.6. The van der Waals surface area contributed by atoms with Gasteiger partial charge in [-0.25, -0.2) is 21.0 Å². The summed E-state index contributed by atoms with van der Waals surface area (Å²) < 4.78 is 62.4. The van der Waals surface area contributed by atoms with E-state index in [1.54, 1.807) is 12.1 Å². The molecule has 0 radical (unpaired) electrons. The fourth-order valence-electron chi connectivity index (χ4n) is 3.50. The van der Waals surface area contributed by atoms with Crippen molar-refractivity contribution in [3.05, 3.63) is 53.3 Å². The van der Waals surface area contributed by atoms with Gasteiger partial charge in [-0.1, -0.05) is 18.2 Å². The monoisotopic (exact) mass is 502 g/mol. The summed E-state index contributed by atoms with van der Waals surface area (Å²) in [5.41, 5.74) is 0.964. The Morgan fingerprint density at radius 1 is 1.10 bits per heavy atom. The van der Waals surface area contributed by atoms with Crippen LogP contribution in [0.4, 0.5) is 5.69 Å². The fourth-order valence-corrected chi connectivity index (χ4v) is 8.53. The number of hydrogen-bond acceptors (Lipinski definition) is 7. The summed E-state index contributed by atoms with van der Waals surface area (Å²) in [6, 6.07) is 7.83. The first-order chi connectivity index (χ1) is 14.2. The average Bonchev–Trinajstić information content (AvgIpc) is 2.68. The number of fused-ring (bicyclic) bond motifs is 1.